The number of amides is 1. The quantitative estimate of drug-likeness (QED) is 0.295. The second-order valence-corrected chi connectivity index (χ2v) is 11.5. The summed E-state index contributed by atoms with van der Waals surface area (Å²) >= 11 is 0. The van der Waals surface area contributed by atoms with Crippen molar-refractivity contribution in [3.63, 3.8) is 0 Å². The van der Waals surface area contributed by atoms with Gasteiger partial charge in [-0.25, -0.2) is 0 Å². The standard InChI is InChI=1S/C30H33N3O8/c1-12-6-8-13(9-7-12)14-11-17(32(2)3)15-10-16-19(25(36)18(15)23(14)34)27(38)30(41)21(24(16)35)22(33(4)5)26(37)20(28(30)39)29(31)40/h6-9,11,16,21-22,24,34-35,37-38,41H,10H2,1-5H3,(H2,31,40)/t16?,21?,22-,24?,30-/m0/s1. The maximum atomic E-state index is 14.2. The van der Waals surface area contributed by atoms with E-state index in [2.05, 4.69) is 0 Å². The number of rotatable bonds is 4. The predicted molar refractivity (Wildman–Crippen MR) is 150 cm³/mol. The summed E-state index contributed by atoms with van der Waals surface area (Å²) in [6, 6.07) is 7.75. The number of carbonyl (C=O) groups is 3. The van der Waals surface area contributed by atoms with E-state index in [-0.39, 0.29) is 17.7 Å². The minimum Gasteiger partial charge on any atom is -0.510 e. The molecule has 0 saturated heterocycles. The molecule has 1 amide bonds. The molecule has 0 aromatic heterocycles. The molecule has 41 heavy (non-hydrogen) atoms. The molecule has 216 valence electrons. The van der Waals surface area contributed by atoms with Crippen LogP contribution in [0.4, 0.5) is 5.69 Å². The first-order valence-electron chi connectivity index (χ1n) is 13.1. The maximum Gasteiger partial charge on any atom is 0.255 e. The lowest BCUT2D eigenvalue weighted by Crippen LogP contribution is -2.68. The van der Waals surface area contributed by atoms with Crippen LogP contribution in [0, 0.1) is 18.8 Å². The number of anilines is 1. The number of aliphatic hydroxyl groups excluding tert-OH is 3. The van der Waals surface area contributed by atoms with Gasteiger partial charge in [0, 0.05) is 36.8 Å². The molecule has 3 aliphatic rings. The molecule has 3 aliphatic carbocycles. The van der Waals surface area contributed by atoms with Crippen LogP contribution in [0.5, 0.6) is 5.75 Å². The molecule has 0 radical (unpaired) electrons. The van der Waals surface area contributed by atoms with E-state index in [4.69, 9.17) is 5.73 Å². The van der Waals surface area contributed by atoms with Crippen LogP contribution < -0.4 is 10.6 Å². The SMILES string of the molecule is Cc1ccc(-c2cc(N(C)C)c3c(c2O)C(=O)C2=C(O)[C@]4(O)C(=O)C(C(N)=O)=C(O)[C@@H](N(C)C)C4C(O)C2C3)cc1. The van der Waals surface area contributed by atoms with Gasteiger partial charge in [-0.2, -0.15) is 0 Å². The van der Waals surface area contributed by atoms with Gasteiger partial charge in [0.1, 0.15) is 22.8 Å². The number of nitrogens with two attached hydrogens (primary N) is 1. The minimum absolute atomic E-state index is 0.0367. The number of phenolic OH excluding ortho intramolecular Hbond substituents is 1. The summed E-state index contributed by atoms with van der Waals surface area (Å²) in [6.07, 6.45) is -1.67. The number of benzene rings is 2. The number of phenols is 1. The van der Waals surface area contributed by atoms with Crippen molar-refractivity contribution < 1.29 is 39.9 Å². The van der Waals surface area contributed by atoms with Gasteiger partial charge < -0.3 is 36.2 Å². The molecule has 0 bridgehead atoms. The average molecular weight is 564 g/mol. The van der Waals surface area contributed by atoms with Gasteiger partial charge in [-0.15, -0.1) is 0 Å². The lowest BCUT2D eigenvalue weighted by molar-refractivity contribution is -0.161. The van der Waals surface area contributed by atoms with Gasteiger partial charge >= 0.3 is 0 Å². The Bertz CT molecular complexity index is 1570. The van der Waals surface area contributed by atoms with Gasteiger partial charge in [0.2, 0.25) is 5.78 Å². The van der Waals surface area contributed by atoms with Crippen molar-refractivity contribution in [1.82, 2.24) is 4.90 Å². The van der Waals surface area contributed by atoms with Crippen molar-refractivity contribution in [2.24, 2.45) is 17.6 Å². The summed E-state index contributed by atoms with van der Waals surface area (Å²) in [7, 11) is 6.53. The average Bonchev–Trinajstić information content (AvgIpc) is 2.89. The first-order chi connectivity index (χ1) is 19.1. The summed E-state index contributed by atoms with van der Waals surface area (Å²) in [5.41, 5.74) is 3.93. The van der Waals surface area contributed by atoms with Crippen molar-refractivity contribution in [2.75, 3.05) is 33.1 Å². The van der Waals surface area contributed by atoms with Crippen molar-refractivity contribution in [3.05, 3.63) is 69.7 Å². The zero-order chi connectivity index (χ0) is 30.3. The number of fused-ring (bicyclic) bond motifs is 3. The molecule has 5 atom stereocenters. The van der Waals surface area contributed by atoms with Crippen LogP contribution in [-0.4, -0.2) is 93.8 Å². The minimum atomic E-state index is -2.95. The number of aromatic hydroxyl groups is 1. The topological polar surface area (TPSA) is 185 Å². The van der Waals surface area contributed by atoms with Gasteiger partial charge in [0.15, 0.2) is 11.4 Å². The third kappa shape index (κ3) is 3.80. The van der Waals surface area contributed by atoms with E-state index in [1.165, 1.54) is 19.0 Å². The fourth-order valence-corrected chi connectivity index (χ4v) is 6.66. The molecule has 3 unspecified atom stereocenters. The molecule has 0 fully saturated rings. The van der Waals surface area contributed by atoms with Gasteiger partial charge in [0.05, 0.1) is 23.6 Å². The van der Waals surface area contributed by atoms with Crippen LogP contribution >= 0.6 is 0 Å². The predicted octanol–water partition coefficient (Wildman–Crippen LogP) is 1.13. The van der Waals surface area contributed by atoms with Crippen LogP contribution in [0.25, 0.3) is 11.1 Å². The molecular weight excluding hydrogens is 530 g/mol. The Kier molecular flexibility index (Phi) is 6.52. The zero-order valence-corrected chi connectivity index (χ0v) is 23.3. The van der Waals surface area contributed by atoms with E-state index in [9.17, 15) is 39.9 Å². The smallest absolute Gasteiger partial charge is 0.255 e. The second-order valence-electron chi connectivity index (χ2n) is 11.5. The summed E-state index contributed by atoms with van der Waals surface area (Å²) < 4.78 is 0. The number of aryl methyl sites for hydroxylation is 1. The fourth-order valence-electron chi connectivity index (χ4n) is 6.66. The second kappa shape index (κ2) is 9.44. The van der Waals surface area contributed by atoms with Crippen molar-refractivity contribution in [1.29, 1.82) is 0 Å². The molecule has 11 nitrogen and oxygen atoms in total. The van der Waals surface area contributed by atoms with E-state index >= 15 is 0 Å². The zero-order valence-electron chi connectivity index (χ0n) is 23.3. The van der Waals surface area contributed by atoms with Crippen molar-refractivity contribution in [3.8, 4) is 16.9 Å². The van der Waals surface area contributed by atoms with Crippen LogP contribution in [0.2, 0.25) is 0 Å². The van der Waals surface area contributed by atoms with E-state index in [1.54, 1.807) is 37.2 Å². The molecule has 5 rings (SSSR count). The van der Waals surface area contributed by atoms with E-state index in [0.29, 0.717) is 22.4 Å². The highest BCUT2D eigenvalue weighted by molar-refractivity contribution is 6.25. The normalized spacial score (nSPS) is 27.5. The summed E-state index contributed by atoms with van der Waals surface area (Å²) in [5.74, 6) is -8.42. The molecule has 7 N–H and O–H groups in total. The van der Waals surface area contributed by atoms with Crippen LogP contribution in [0.3, 0.4) is 0 Å². The number of hydrogen-bond donors (Lipinski definition) is 6. The lowest BCUT2D eigenvalue weighted by Gasteiger charge is -2.52. The Balaban J connectivity index is 1.79. The van der Waals surface area contributed by atoms with Gasteiger partial charge in [-0.3, -0.25) is 19.3 Å². The van der Waals surface area contributed by atoms with E-state index in [1.807, 2.05) is 19.1 Å². The van der Waals surface area contributed by atoms with Crippen molar-refractivity contribution in [2.45, 2.75) is 31.1 Å². The highest BCUT2D eigenvalue weighted by Gasteiger charge is 2.66. The van der Waals surface area contributed by atoms with Gasteiger partial charge in [0.25, 0.3) is 5.91 Å². The van der Waals surface area contributed by atoms with Crippen molar-refractivity contribution >= 4 is 23.2 Å². The third-order valence-electron chi connectivity index (χ3n) is 8.63. The Morgan fingerprint density at radius 1 is 1.05 bits per heavy atom. The van der Waals surface area contributed by atoms with Crippen LogP contribution in [0.15, 0.2) is 53.0 Å². The van der Waals surface area contributed by atoms with E-state index < -0.39 is 69.7 Å². The highest BCUT2D eigenvalue weighted by atomic mass is 16.4. The number of carbonyl (C=O) groups excluding carboxylic acids is 3. The lowest BCUT2D eigenvalue weighted by atomic mass is 9.57. The van der Waals surface area contributed by atoms with E-state index in [0.717, 1.165) is 5.56 Å². The Morgan fingerprint density at radius 3 is 2.20 bits per heavy atom. The first-order valence-corrected chi connectivity index (χ1v) is 13.1. The molecule has 11 heteroatoms. The number of nitrogens with zero attached hydrogens (tertiary/aromatic N) is 2. The summed E-state index contributed by atoms with van der Waals surface area (Å²) in [6.45, 7) is 1.92. The van der Waals surface area contributed by atoms with Gasteiger partial charge in [-0.1, -0.05) is 29.8 Å². The Morgan fingerprint density at radius 2 is 1.66 bits per heavy atom. The molecular formula is C30H33N3O8. The number of primary amides is 1. The summed E-state index contributed by atoms with van der Waals surface area (Å²) in [4.78, 5) is 43.0. The van der Waals surface area contributed by atoms with Crippen LogP contribution in [0.1, 0.15) is 21.5 Å². The third-order valence-corrected chi connectivity index (χ3v) is 8.63. The molecule has 0 aliphatic heterocycles. The molecule has 0 saturated carbocycles. The fraction of sp³-hybridized carbons (Fsp3) is 0.367. The molecule has 0 spiro atoms. The monoisotopic (exact) mass is 563 g/mol. The Labute approximate surface area is 236 Å². The van der Waals surface area contributed by atoms with Gasteiger partial charge in [-0.05, 0) is 44.6 Å². The number of aliphatic hydroxyl groups is 4. The molecule has 2 aromatic rings. The number of hydrogen-bond acceptors (Lipinski definition) is 10. The molecule has 0 heterocycles. The Hall–Kier alpha value is -4.19. The number of likely N-dealkylation sites (N-methyl/N-ethyl adjacent to an activating group) is 1. The largest absolute Gasteiger partial charge is 0.510 e. The number of Topliss-reactive ketones (excluding diaryl/α,β-unsaturated/α-hetero) is 2. The first kappa shape index (κ1) is 28.3. The number of ketones is 2. The highest BCUT2D eigenvalue weighted by Crippen LogP contribution is 2.54. The molecule has 2 aromatic carbocycles. The maximum absolute atomic E-state index is 14.2. The summed E-state index contributed by atoms with van der Waals surface area (Å²) in [5, 5.41) is 57.4. The van der Waals surface area contributed by atoms with Crippen LogP contribution in [-0.2, 0) is 16.0 Å².